The number of benzene rings is 1. The van der Waals surface area contributed by atoms with E-state index in [0.717, 1.165) is 0 Å². The predicted octanol–water partition coefficient (Wildman–Crippen LogP) is 1.56. The van der Waals surface area contributed by atoms with Crippen LogP contribution in [-0.2, 0) is 0 Å². The van der Waals surface area contributed by atoms with E-state index in [0.29, 0.717) is 5.69 Å². The molecular formula is C8H7IN2O4. The van der Waals surface area contributed by atoms with Gasteiger partial charge in [-0.15, -0.1) is 0 Å². The zero-order valence-corrected chi connectivity index (χ0v) is 9.48. The minimum atomic E-state index is -1.24. The van der Waals surface area contributed by atoms with Crippen LogP contribution in [0.4, 0.5) is 10.5 Å². The zero-order valence-electron chi connectivity index (χ0n) is 7.32. The average Bonchev–Trinajstić information content (AvgIpc) is 2.16. The molecule has 4 N–H and O–H groups in total. The van der Waals surface area contributed by atoms with Gasteiger partial charge in [0.15, 0.2) is 0 Å². The van der Waals surface area contributed by atoms with Gasteiger partial charge < -0.3 is 10.2 Å². The Morgan fingerprint density at radius 3 is 2.53 bits per heavy atom. The lowest BCUT2D eigenvalue weighted by atomic mass is 10.2. The van der Waals surface area contributed by atoms with Gasteiger partial charge in [-0.3, -0.25) is 15.6 Å². The monoisotopic (exact) mass is 322 g/mol. The van der Waals surface area contributed by atoms with Crippen molar-refractivity contribution in [3.8, 4) is 5.75 Å². The smallest absolute Gasteiger partial charge is 0.339 e. The minimum absolute atomic E-state index is 0.234. The molecule has 0 saturated carbocycles. The Morgan fingerprint density at radius 2 is 2.00 bits per heavy atom. The summed E-state index contributed by atoms with van der Waals surface area (Å²) >= 11 is 1.52. The molecule has 0 spiro atoms. The van der Waals surface area contributed by atoms with Crippen LogP contribution >= 0.6 is 22.6 Å². The second-order valence-electron chi connectivity index (χ2n) is 2.56. The van der Waals surface area contributed by atoms with Crippen LogP contribution in [0.2, 0.25) is 0 Å². The number of hydrogen-bond acceptors (Lipinski definition) is 4. The molecule has 1 aromatic rings. The van der Waals surface area contributed by atoms with Gasteiger partial charge in [-0.05, 0) is 18.2 Å². The van der Waals surface area contributed by atoms with Crippen molar-refractivity contribution in [2.75, 3.05) is 5.43 Å². The Balaban J connectivity index is 2.87. The summed E-state index contributed by atoms with van der Waals surface area (Å²) in [6.45, 7) is 0. The van der Waals surface area contributed by atoms with Gasteiger partial charge in [-0.25, -0.2) is 4.79 Å². The predicted molar refractivity (Wildman–Crippen MR) is 61.2 cm³/mol. The summed E-state index contributed by atoms with van der Waals surface area (Å²) in [6.07, 6.45) is 0. The van der Waals surface area contributed by atoms with Gasteiger partial charge in [0.2, 0.25) is 0 Å². The number of carboxylic acid groups (broad SMARTS) is 1. The third-order valence-electron chi connectivity index (χ3n) is 1.53. The number of halogens is 1. The molecule has 0 saturated heterocycles. The number of hydrazine groups is 1. The number of aromatic carboxylic acids is 1. The van der Waals surface area contributed by atoms with Crippen LogP contribution < -0.4 is 10.9 Å². The molecule has 0 aromatic heterocycles. The molecule has 7 heteroatoms. The number of nitrogens with one attached hydrogen (secondary N) is 2. The van der Waals surface area contributed by atoms with Crippen molar-refractivity contribution in [2.45, 2.75) is 0 Å². The lowest BCUT2D eigenvalue weighted by molar-refractivity contribution is 0.0694. The van der Waals surface area contributed by atoms with Crippen LogP contribution in [0.15, 0.2) is 18.2 Å². The first-order valence-corrected chi connectivity index (χ1v) is 4.86. The van der Waals surface area contributed by atoms with Crippen molar-refractivity contribution >= 4 is 38.2 Å². The Labute approximate surface area is 98.4 Å². The standard InChI is InChI=1S/C8H7IN2O4/c9-8(15)11-10-4-1-2-6(12)5(3-4)7(13)14/h1-3,10,12H,(H,11,15)(H,13,14). The average molecular weight is 322 g/mol. The van der Waals surface area contributed by atoms with E-state index in [4.69, 9.17) is 5.11 Å². The molecule has 15 heavy (non-hydrogen) atoms. The molecule has 6 nitrogen and oxygen atoms in total. The maximum atomic E-state index is 10.6. The molecule has 0 heterocycles. The molecular weight excluding hydrogens is 315 g/mol. The van der Waals surface area contributed by atoms with E-state index in [2.05, 4.69) is 10.9 Å². The number of anilines is 1. The van der Waals surface area contributed by atoms with E-state index < -0.39 is 5.97 Å². The van der Waals surface area contributed by atoms with Crippen LogP contribution in [0.25, 0.3) is 0 Å². The molecule has 0 aliphatic carbocycles. The number of hydrogen-bond donors (Lipinski definition) is 4. The van der Waals surface area contributed by atoms with E-state index in [-0.39, 0.29) is 15.2 Å². The van der Waals surface area contributed by atoms with Crippen molar-refractivity contribution in [3.63, 3.8) is 0 Å². The van der Waals surface area contributed by atoms with Crippen LogP contribution in [0.3, 0.4) is 0 Å². The first-order valence-electron chi connectivity index (χ1n) is 3.78. The molecule has 0 radical (unpaired) electrons. The van der Waals surface area contributed by atoms with Gasteiger partial charge in [-0.1, -0.05) is 0 Å². The van der Waals surface area contributed by atoms with Gasteiger partial charge in [0.1, 0.15) is 11.3 Å². The Morgan fingerprint density at radius 1 is 1.33 bits per heavy atom. The lowest BCUT2D eigenvalue weighted by Crippen LogP contribution is -2.23. The molecule has 1 rings (SSSR count). The lowest BCUT2D eigenvalue weighted by Gasteiger charge is -2.07. The van der Waals surface area contributed by atoms with E-state index >= 15 is 0 Å². The number of phenols is 1. The third kappa shape index (κ3) is 3.27. The Kier molecular flexibility index (Phi) is 3.72. The number of carbonyl (C=O) groups excluding carboxylic acids is 1. The number of rotatable bonds is 3. The van der Waals surface area contributed by atoms with Crippen LogP contribution in [0.1, 0.15) is 10.4 Å². The number of aromatic hydroxyl groups is 1. The summed E-state index contributed by atoms with van der Waals surface area (Å²) < 4.78 is -0.336. The van der Waals surface area contributed by atoms with E-state index in [1.165, 1.54) is 40.8 Å². The fourth-order valence-electron chi connectivity index (χ4n) is 0.906. The largest absolute Gasteiger partial charge is 0.507 e. The second-order valence-corrected chi connectivity index (χ2v) is 3.54. The first kappa shape index (κ1) is 11.6. The Bertz CT molecular complexity index is 408. The summed E-state index contributed by atoms with van der Waals surface area (Å²) in [5.41, 5.74) is 4.89. The molecule has 0 bridgehead atoms. The summed E-state index contributed by atoms with van der Waals surface area (Å²) in [5.74, 6) is -1.56. The fraction of sp³-hybridized carbons (Fsp3) is 0. The zero-order chi connectivity index (χ0) is 11.4. The fourth-order valence-corrected chi connectivity index (χ4v) is 1.04. The van der Waals surface area contributed by atoms with Crippen LogP contribution in [0, 0.1) is 0 Å². The highest BCUT2D eigenvalue weighted by molar-refractivity contribution is 14.1. The second kappa shape index (κ2) is 4.82. The maximum absolute atomic E-state index is 10.6. The van der Waals surface area contributed by atoms with Gasteiger partial charge in [-0.2, -0.15) is 0 Å². The van der Waals surface area contributed by atoms with E-state index in [1.807, 2.05) is 0 Å². The molecule has 1 amide bonds. The molecule has 0 aliphatic heterocycles. The van der Waals surface area contributed by atoms with Crippen LogP contribution in [0.5, 0.6) is 5.75 Å². The highest BCUT2D eigenvalue weighted by Crippen LogP contribution is 2.20. The number of amides is 1. The Hall–Kier alpha value is -1.51. The summed E-state index contributed by atoms with van der Waals surface area (Å²) in [7, 11) is 0. The molecule has 0 fully saturated rings. The number of carboxylic acids is 1. The van der Waals surface area contributed by atoms with Crippen molar-refractivity contribution in [1.82, 2.24) is 5.43 Å². The SMILES string of the molecule is O=C(I)NNc1ccc(O)c(C(=O)O)c1. The summed E-state index contributed by atoms with van der Waals surface area (Å²) in [5, 5.41) is 17.9. The van der Waals surface area contributed by atoms with E-state index in [9.17, 15) is 14.7 Å². The maximum Gasteiger partial charge on any atom is 0.339 e. The first-order chi connectivity index (χ1) is 7.00. The number of carbonyl (C=O) groups is 2. The van der Waals surface area contributed by atoms with Crippen molar-refractivity contribution in [3.05, 3.63) is 23.8 Å². The highest BCUT2D eigenvalue weighted by Gasteiger charge is 2.09. The highest BCUT2D eigenvalue weighted by atomic mass is 127. The molecule has 80 valence electrons. The molecule has 0 atom stereocenters. The minimum Gasteiger partial charge on any atom is -0.507 e. The van der Waals surface area contributed by atoms with Gasteiger partial charge in [0.25, 0.3) is 3.91 Å². The summed E-state index contributed by atoms with van der Waals surface area (Å²) in [6, 6.07) is 3.88. The summed E-state index contributed by atoms with van der Waals surface area (Å²) in [4.78, 5) is 21.2. The van der Waals surface area contributed by atoms with Gasteiger partial charge in [0, 0.05) is 22.6 Å². The topological polar surface area (TPSA) is 98.7 Å². The van der Waals surface area contributed by atoms with Crippen molar-refractivity contribution in [1.29, 1.82) is 0 Å². The molecule has 0 aliphatic rings. The molecule has 0 unspecified atom stereocenters. The van der Waals surface area contributed by atoms with Crippen molar-refractivity contribution < 1.29 is 19.8 Å². The van der Waals surface area contributed by atoms with E-state index in [1.54, 1.807) is 0 Å². The third-order valence-corrected chi connectivity index (χ3v) is 1.80. The quantitative estimate of drug-likeness (QED) is 0.223. The molecule has 1 aromatic carbocycles. The normalized spacial score (nSPS) is 9.40. The van der Waals surface area contributed by atoms with Crippen molar-refractivity contribution in [2.24, 2.45) is 0 Å². The van der Waals surface area contributed by atoms with Gasteiger partial charge >= 0.3 is 5.97 Å². The van der Waals surface area contributed by atoms with Gasteiger partial charge in [0.05, 0.1) is 5.69 Å². The van der Waals surface area contributed by atoms with Crippen LogP contribution in [-0.4, -0.2) is 20.1 Å².